The van der Waals surface area contributed by atoms with Crippen molar-refractivity contribution in [3.05, 3.63) is 48.7 Å². The average molecular weight is 357 g/mol. The third-order valence-corrected chi connectivity index (χ3v) is 4.27. The van der Waals surface area contributed by atoms with Gasteiger partial charge in [0.05, 0.1) is 10.4 Å². The Morgan fingerprint density at radius 1 is 1.08 bits per heavy atom. The van der Waals surface area contributed by atoms with E-state index >= 15 is 0 Å². The number of aromatic nitrogens is 2. The van der Waals surface area contributed by atoms with Crippen LogP contribution in [-0.2, 0) is 14.8 Å². The molecule has 0 saturated heterocycles. The predicted octanol–water partition coefficient (Wildman–Crippen LogP) is 1.98. The molecular formula is C16H15N5O3S. The van der Waals surface area contributed by atoms with Gasteiger partial charge in [-0.25, -0.2) is 23.5 Å². The van der Waals surface area contributed by atoms with Crippen LogP contribution in [0.5, 0.6) is 0 Å². The first-order valence-corrected chi connectivity index (χ1v) is 8.80. The molecule has 3 aromatic rings. The second kappa shape index (κ2) is 6.46. The Morgan fingerprint density at radius 3 is 2.40 bits per heavy atom. The average Bonchev–Trinajstić information content (AvgIpc) is 2.53. The number of benzene rings is 2. The molecule has 0 spiro atoms. The molecular weight excluding hydrogens is 342 g/mol. The highest BCUT2D eigenvalue weighted by Crippen LogP contribution is 2.20. The molecule has 8 nitrogen and oxygen atoms in total. The van der Waals surface area contributed by atoms with E-state index in [0.717, 1.165) is 5.39 Å². The Hall–Kier alpha value is -3.04. The smallest absolute Gasteiger partial charge is 0.238 e. The van der Waals surface area contributed by atoms with E-state index in [1.165, 1.54) is 19.1 Å². The summed E-state index contributed by atoms with van der Waals surface area (Å²) in [6, 6.07) is 11.3. The van der Waals surface area contributed by atoms with Crippen molar-refractivity contribution in [1.82, 2.24) is 9.97 Å². The van der Waals surface area contributed by atoms with Gasteiger partial charge in [-0.05, 0) is 42.5 Å². The fourth-order valence-corrected chi connectivity index (χ4v) is 2.74. The fraction of sp³-hybridized carbons (Fsp3) is 0.0625. The predicted molar refractivity (Wildman–Crippen MR) is 94.9 cm³/mol. The highest BCUT2D eigenvalue weighted by molar-refractivity contribution is 7.89. The number of amides is 1. The van der Waals surface area contributed by atoms with Crippen molar-refractivity contribution in [2.75, 3.05) is 10.6 Å². The molecule has 0 unspecified atom stereocenters. The van der Waals surface area contributed by atoms with Crippen molar-refractivity contribution in [2.24, 2.45) is 5.14 Å². The zero-order valence-electron chi connectivity index (χ0n) is 13.2. The summed E-state index contributed by atoms with van der Waals surface area (Å²) in [4.78, 5) is 19.8. The zero-order valence-corrected chi connectivity index (χ0v) is 14.0. The molecule has 0 radical (unpaired) electrons. The molecule has 0 aliphatic carbocycles. The van der Waals surface area contributed by atoms with E-state index in [-0.39, 0.29) is 10.8 Å². The minimum Gasteiger partial charge on any atom is -0.326 e. The van der Waals surface area contributed by atoms with E-state index in [1.54, 1.807) is 30.5 Å². The van der Waals surface area contributed by atoms with Crippen LogP contribution >= 0.6 is 0 Å². The number of nitrogens with two attached hydrogens (primary N) is 1. The van der Waals surface area contributed by atoms with Crippen molar-refractivity contribution >= 4 is 44.2 Å². The van der Waals surface area contributed by atoms with Gasteiger partial charge in [-0.15, -0.1) is 0 Å². The quantitative estimate of drug-likeness (QED) is 0.655. The van der Waals surface area contributed by atoms with Crippen molar-refractivity contribution in [1.29, 1.82) is 0 Å². The number of hydrogen-bond donors (Lipinski definition) is 3. The number of fused-ring (bicyclic) bond motifs is 1. The molecule has 2 aromatic carbocycles. The van der Waals surface area contributed by atoms with Crippen molar-refractivity contribution in [3.63, 3.8) is 0 Å². The lowest BCUT2D eigenvalue weighted by Gasteiger charge is -2.08. The van der Waals surface area contributed by atoms with Crippen LogP contribution in [0.25, 0.3) is 10.9 Å². The van der Waals surface area contributed by atoms with Gasteiger partial charge in [-0.3, -0.25) is 4.79 Å². The molecule has 0 aliphatic heterocycles. The summed E-state index contributed by atoms with van der Waals surface area (Å²) >= 11 is 0. The summed E-state index contributed by atoms with van der Waals surface area (Å²) < 4.78 is 22.5. The molecule has 3 rings (SSSR count). The summed E-state index contributed by atoms with van der Waals surface area (Å²) in [5.74, 6) is 0.178. The van der Waals surface area contributed by atoms with Crippen molar-refractivity contribution in [2.45, 2.75) is 11.8 Å². The van der Waals surface area contributed by atoms with E-state index in [9.17, 15) is 13.2 Å². The van der Waals surface area contributed by atoms with Gasteiger partial charge in [0.15, 0.2) is 0 Å². The summed E-state index contributed by atoms with van der Waals surface area (Å²) in [7, 11) is -3.73. The molecule has 1 amide bonds. The molecule has 9 heteroatoms. The maximum atomic E-state index is 11.3. The third kappa shape index (κ3) is 4.08. The number of hydrogen-bond acceptors (Lipinski definition) is 6. The minimum absolute atomic E-state index is 0.0254. The summed E-state index contributed by atoms with van der Waals surface area (Å²) in [5, 5.41) is 11.6. The number of carbonyl (C=O) groups excluding carboxylic acids is 1. The van der Waals surface area contributed by atoms with Crippen LogP contribution in [0.1, 0.15) is 6.92 Å². The maximum Gasteiger partial charge on any atom is 0.238 e. The number of carbonyl (C=O) groups is 1. The van der Waals surface area contributed by atoms with E-state index in [4.69, 9.17) is 5.14 Å². The highest BCUT2D eigenvalue weighted by atomic mass is 32.2. The largest absolute Gasteiger partial charge is 0.326 e. The van der Waals surface area contributed by atoms with Gasteiger partial charge in [-0.2, -0.15) is 0 Å². The summed E-state index contributed by atoms with van der Waals surface area (Å²) in [5.41, 5.74) is 1.91. The number of nitrogens with zero attached hydrogens (tertiary/aromatic N) is 2. The van der Waals surface area contributed by atoms with Gasteiger partial charge < -0.3 is 10.6 Å². The molecule has 25 heavy (non-hydrogen) atoms. The van der Waals surface area contributed by atoms with E-state index in [2.05, 4.69) is 20.6 Å². The maximum absolute atomic E-state index is 11.3. The molecule has 1 aromatic heterocycles. The Morgan fingerprint density at radius 2 is 1.76 bits per heavy atom. The van der Waals surface area contributed by atoms with Crippen LogP contribution in [-0.4, -0.2) is 24.3 Å². The van der Waals surface area contributed by atoms with Gasteiger partial charge in [0, 0.05) is 29.9 Å². The van der Waals surface area contributed by atoms with E-state index in [0.29, 0.717) is 22.8 Å². The molecule has 1 heterocycles. The second-order valence-corrected chi connectivity index (χ2v) is 6.90. The van der Waals surface area contributed by atoms with Crippen LogP contribution < -0.4 is 15.8 Å². The minimum atomic E-state index is -3.73. The van der Waals surface area contributed by atoms with Gasteiger partial charge in [0.2, 0.25) is 21.9 Å². The first-order chi connectivity index (χ1) is 11.8. The van der Waals surface area contributed by atoms with Crippen LogP contribution in [0.2, 0.25) is 0 Å². The van der Waals surface area contributed by atoms with E-state index in [1.807, 2.05) is 6.07 Å². The van der Waals surface area contributed by atoms with Gasteiger partial charge >= 0.3 is 0 Å². The first-order valence-electron chi connectivity index (χ1n) is 7.25. The van der Waals surface area contributed by atoms with Crippen molar-refractivity contribution < 1.29 is 13.2 Å². The molecule has 0 bridgehead atoms. The van der Waals surface area contributed by atoms with Crippen LogP contribution in [0.3, 0.4) is 0 Å². The molecule has 0 saturated carbocycles. The third-order valence-electron chi connectivity index (χ3n) is 3.34. The Balaban J connectivity index is 1.87. The zero-order chi connectivity index (χ0) is 18.0. The van der Waals surface area contributed by atoms with Crippen LogP contribution in [0.4, 0.5) is 17.3 Å². The van der Waals surface area contributed by atoms with Crippen molar-refractivity contribution in [3.8, 4) is 0 Å². The highest BCUT2D eigenvalue weighted by Gasteiger charge is 2.08. The van der Waals surface area contributed by atoms with Gasteiger partial charge in [0.25, 0.3) is 0 Å². The number of anilines is 3. The SMILES string of the molecule is CC(=O)Nc1ccc2cnc(Nc3ccc(S(N)(=O)=O)cc3)nc2c1. The number of rotatable bonds is 4. The Kier molecular flexibility index (Phi) is 4.34. The first kappa shape index (κ1) is 16.8. The summed E-state index contributed by atoms with van der Waals surface area (Å²) in [6.45, 7) is 1.43. The summed E-state index contributed by atoms with van der Waals surface area (Å²) in [6.07, 6.45) is 1.65. The molecule has 4 N–H and O–H groups in total. The molecule has 0 aliphatic rings. The van der Waals surface area contributed by atoms with Crippen LogP contribution in [0, 0.1) is 0 Å². The molecule has 0 atom stereocenters. The van der Waals surface area contributed by atoms with Gasteiger partial charge in [0.1, 0.15) is 0 Å². The fourth-order valence-electron chi connectivity index (χ4n) is 2.22. The van der Waals surface area contributed by atoms with E-state index < -0.39 is 10.0 Å². The lowest BCUT2D eigenvalue weighted by molar-refractivity contribution is -0.114. The standard InChI is InChI=1S/C16H15N5O3S/c1-10(22)19-13-3-2-11-9-18-16(21-15(11)8-13)20-12-4-6-14(7-5-12)25(17,23)24/h2-9H,1H3,(H,19,22)(H2,17,23,24)(H,18,20,21). The number of sulfonamides is 1. The van der Waals surface area contributed by atoms with Gasteiger partial charge in [-0.1, -0.05) is 0 Å². The Bertz CT molecular complexity index is 1050. The molecule has 0 fully saturated rings. The second-order valence-electron chi connectivity index (χ2n) is 5.34. The normalized spacial score (nSPS) is 11.3. The van der Waals surface area contributed by atoms with Crippen LogP contribution in [0.15, 0.2) is 53.6 Å². The lowest BCUT2D eigenvalue weighted by Crippen LogP contribution is -2.11. The Labute approximate surface area is 144 Å². The molecule has 128 valence electrons. The number of primary sulfonamides is 1. The number of nitrogens with one attached hydrogen (secondary N) is 2. The monoisotopic (exact) mass is 357 g/mol. The lowest BCUT2D eigenvalue weighted by atomic mass is 10.2. The topological polar surface area (TPSA) is 127 Å².